The summed E-state index contributed by atoms with van der Waals surface area (Å²) >= 11 is 0. The molecule has 0 aliphatic heterocycles. The van der Waals surface area contributed by atoms with Crippen molar-refractivity contribution in [3.63, 3.8) is 0 Å². The lowest BCUT2D eigenvalue weighted by molar-refractivity contribution is 0.215. The zero-order valence-electron chi connectivity index (χ0n) is 12.1. The summed E-state index contributed by atoms with van der Waals surface area (Å²) in [6.45, 7) is 6.18. The summed E-state index contributed by atoms with van der Waals surface area (Å²) in [5.41, 5.74) is 5.31. The number of aromatic amines is 1. The fourth-order valence-corrected chi connectivity index (χ4v) is 2.69. The fourth-order valence-electron chi connectivity index (χ4n) is 2.69. The Morgan fingerprint density at radius 2 is 1.60 bits per heavy atom. The van der Waals surface area contributed by atoms with E-state index in [4.69, 9.17) is 0 Å². The third-order valence-corrected chi connectivity index (χ3v) is 4.21. The molecule has 0 saturated carbocycles. The van der Waals surface area contributed by atoms with Crippen LogP contribution in [0.4, 0.5) is 0 Å². The maximum absolute atomic E-state index is 10.6. The largest absolute Gasteiger partial charge is 0.382 e. The molecule has 0 amide bonds. The van der Waals surface area contributed by atoms with Crippen molar-refractivity contribution in [1.29, 1.82) is 0 Å². The molecule has 1 aromatic heterocycles. The van der Waals surface area contributed by atoms with Crippen molar-refractivity contribution in [3.8, 4) is 0 Å². The third kappa shape index (κ3) is 2.02. The topological polar surface area (TPSA) is 36.0 Å². The van der Waals surface area contributed by atoms with Gasteiger partial charge in [-0.3, -0.25) is 0 Å². The molecule has 2 nitrogen and oxygen atoms in total. The first-order valence-electron chi connectivity index (χ1n) is 6.90. The summed E-state index contributed by atoms with van der Waals surface area (Å²) in [6.07, 6.45) is -0.605. The van der Waals surface area contributed by atoms with Gasteiger partial charge in [0.2, 0.25) is 0 Å². The highest BCUT2D eigenvalue weighted by atomic mass is 16.3. The van der Waals surface area contributed by atoms with Gasteiger partial charge in [0.1, 0.15) is 6.10 Å². The summed E-state index contributed by atoms with van der Waals surface area (Å²) in [5, 5.41) is 13.0. The van der Waals surface area contributed by atoms with Crippen LogP contribution in [-0.2, 0) is 0 Å². The van der Waals surface area contributed by atoms with Gasteiger partial charge >= 0.3 is 0 Å². The zero-order chi connectivity index (χ0) is 14.3. The van der Waals surface area contributed by atoms with E-state index in [0.717, 1.165) is 27.9 Å². The molecule has 102 valence electrons. The van der Waals surface area contributed by atoms with Gasteiger partial charge in [-0.1, -0.05) is 36.4 Å². The van der Waals surface area contributed by atoms with Crippen LogP contribution in [0.3, 0.4) is 0 Å². The normalized spacial score (nSPS) is 12.8. The Morgan fingerprint density at radius 1 is 0.900 bits per heavy atom. The highest BCUT2D eigenvalue weighted by molar-refractivity contribution is 5.83. The summed E-state index contributed by atoms with van der Waals surface area (Å²) < 4.78 is 0. The summed E-state index contributed by atoms with van der Waals surface area (Å²) in [7, 11) is 0. The molecule has 0 fully saturated rings. The van der Waals surface area contributed by atoms with Gasteiger partial charge in [0.05, 0.1) is 5.69 Å². The standard InChI is InChI=1S/C18H19NO/c1-11-12(2)17(19-13(11)3)18(20)16-9-8-14-6-4-5-7-15(14)10-16/h4-10,18-20H,1-3H3. The van der Waals surface area contributed by atoms with Crippen LogP contribution in [0.1, 0.15) is 34.2 Å². The number of benzene rings is 2. The van der Waals surface area contributed by atoms with Gasteiger partial charge in [0.25, 0.3) is 0 Å². The first kappa shape index (κ1) is 12.9. The van der Waals surface area contributed by atoms with E-state index in [1.54, 1.807) is 0 Å². The van der Waals surface area contributed by atoms with E-state index in [1.165, 1.54) is 10.9 Å². The van der Waals surface area contributed by atoms with Gasteiger partial charge in [-0.15, -0.1) is 0 Å². The van der Waals surface area contributed by atoms with E-state index >= 15 is 0 Å². The third-order valence-electron chi connectivity index (χ3n) is 4.21. The van der Waals surface area contributed by atoms with Crippen LogP contribution in [0.15, 0.2) is 42.5 Å². The Balaban J connectivity index is 2.07. The van der Waals surface area contributed by atoms with E-state index in [1.807, 2.05) is 25.1 Å². The maximum atomic E-state index is 10.6. The summed E-state index contributed by atoms with van der Waals surface area (Å²) in [4.78, 5) is 3.31. The molecule has 2 heteroatoms. The van der Waals surface area contributed by atoms with Crippen LogP contribution >= 0.6 is 0 Å². The predicted molar refractivity (Wildman–Crippen MR) is 83.0 cm³/mol. The molecule has 0 aliphatic rings. The molecule has 0 saturated heterocycles. The molecule has 0 radical (unpaired) electrons. The zero-order valence-corrected chi connectivity index (χ0v) is 12.1. The lowest BCUT2D eigenvalue weighted by Gasteiger charge is -2.12. The van der Waals surface area contributed by atoms with Gasteiger partial charge in [0, 0.05) is 5.69 Å². The molecular formula is C18H19NO. The van der Waals surface area contributed by atoms with E-state index in [2.05, 4.69) is 43.1 Å². The predicted octanol–water partition coefficient (Wildman–Crippen LogP) is 4.17. The molecule has 0 bridgehead atoms. The minimum atomic E-state index is -0.605. The number of hydrogen-bond donors (Lipinski definition) is 2. The first-order valence-corrected chi connectivity index (χ1v) is 6.90. The van der Waals surface area contributed by atoms with Gasteiger partial charge in [-0.25, -0.2) is 0 Å². The number of fused-ring (bicyclic) bond motifs is 1. The molecule has 0 aliphatic carbocycles. The number of aryl methyl sites for hydroxylation is 1. The van der Waals surface area contributed by atoms with Crippen molar-refractivity contribution < 1.29 is 5.11 Å². The van der Waals surface area contributed by atoms with Crippen LogP contribution in [0.2, 0.25) is 0 Å². The maximum Gasteiger partial charge on any atom is 0.119 e. The van der Waals surface area contributed by atoms with Crippen LogP contribution in [0, 0.1) is 20.8 Å². The van der Waals surface area contributed by atoms with Crippen molar-refractivity contribution in [2.75, 3.05) is 0 Å². The van der Waals surface area contributed by atoms with Crippen molar-refractivity contribution in [2.24, 2.45) is 0 Å². The second-order valence-corrected chi connectivity index (χ2v) is 5.42. The van der Waals surface area contributed by atoms with E-state index in [9.17, 15) is 5.11 Å². The van der Waals surface area contributed by atoms with Crippen molar-refractivity contribution in [1.82, 2.24) is 4.98 Å². The van der Waals surface area contributed by atoms with Crippen LogP contribution in [-0.4, -0.2) is 10.1 Å². The number of rotatable bonds is 2. The number of aromatic nitrogens is 1. The fraction of sp³-hybridized carbons (Fsp3) is 0.222. The number of aliphatic hydroxyl groups is 1. The Kier molecular flexibility index (Phi) is 3.11. The molecule has 1 heterocycles. The Hall–Kier alpha value is -2.06. The molecular weight excluding hydrogens is 246 g/mol. The van der Waals surface area contributed by atoms with Crippen molar-refractivity contribution >= 4 is 10.8 Å². The molecule has 2 N–H and O–H groups in total. The van der Waals surface area contributed by atoms with E-state index < -0.39 is 6.10 Å². The van der Waals surface area contributed by atoms with Gasteiger partial charge in [-0.05, 0) is 54.3 Å². The lowest BCUT2D eigenvalue weighted by atomic mass is 9.99. The summed E-state index contributed by atoms with van der Waals surface area (Å²) in [6, 6.07) is 14.3. The number of aliphatic hydroxyl groups excluding tert-OH is 1. The minimum Gasteiger partial charge on any atom is -0.382 e. The highest BCUT2D eigenvalue weighted by Gasteiger charge is 2.17. The quantitative estimate of drug-likeness (QED) is 0.716. The Morgan fingerprint density at radius 3 is 2.25 bits per heavy atom. The second kappa shape index (κ2) is 4.80. The first-order chi connectivity index (χ1) is 9.58. The molecule has 3 aromatic rings. The average molecular weight is 265 g/mol. The number of nitrogens with one attached hydrogen (secondary N) is 1. The molecule has 2 aromatic carbocycles. The summed E-state index contributed by atoms with van der Waals surface area (Å²) in [5.74, 6) is 0. The van der Waals surface area contributed by atoms with Gasteiger partial charge in [0.15, 0.2) is 0 Å². The number of hydrogen-bond acceptors (Lipinski definition) is 1. The SMILES string of the molecule is Cc1[nH]c(C(O)c2ccc3ccccc3c2)c(C)c1C. The number of H-pyrrole nitrogens is 1. The Labute approximate surface area is 119 Å². The Bertz CT molecular complexity index is 770. The van der Waals surface area contributed by atoms with Crippen LogP contribution < -0.4 is 0 Å². The highest BCUT2D eigenvalue weighted by Crippen LogP contribution is 2.29. The monoisotopic (exact) mass is 265 g/mol. The molecule has 3 rings (SSSR count). The molecule has 1 unspecified atom stereocenters. The van der Waals surface area contributed by atoms with Gasteiger partial charge in [-0.2, -0.15) is 0 Å². The minimum absolute atomic E-state index is 0.605. The van der Waals surface area contributed by atoms with Gasteiger partial charge < -0.3 is 10.1 Å². The van der Waals surface area contributed by atoms with Crippen LogP contribution in [0.25, 0.3) is 10.8 Å². The average Bonchev–Trinajstić information content (AvgIpc) is 2.73. The van der Waals surface area contributed by atoms with E-state index in [-0.39, 0.29) is 0 Å². The van der Waals surface area contributed by atoms with Crippen molar-refractivity contribution in [3.05, 3.63) is 70.5 Å². The molecule has 1 atom stereocenters. The smallest absolute Gasteiger partial charge is 0.119 e. The lowest BCUT2D eigenvalue weighted by Crippen LogP contribution is -2.02. The van der Waals surface area contributed by atoms with Crippen molar-refractivity contribution in [2.45, 2.75) is 26.9 Å². The van der Waals surface area contributed by atoms with E-state index in [0.29, 0.717) is 0 Å². The molecule has 20 heavy (non-hydrogen) atoms. The van der Waals surface area contributed by atoms with Crippen LogP contribution in [0.5, 0.6) is 0 Å². The molecule has 0 spiro atoms. The second-order valence-electron chi connectivity index (χ2n) is 5.42.